The summed E-state index contributed by atoms with van der Waals surface area (Å²) in [7, 11) is 0. The van der Waals surface area contributed by atoms with Crippen LogP contribution in [0.15, 0.2) is 24.3 Å². The van der Waals surface area contributed by atoms with Crippen LogP contribution in [0.4, 0.5) is 0 Å². The molecule has 1 fully saturated rings. The van der Waals surface area contributed by atoms with Gasteiger partial charge in [-0.3, -0.25) is 9.59 Å². The van der Waals surface area contributed by atoms with Gasteiger partial charge in [0.15, 0.2) is 0 Å². The van der Waals surface area contributed by atoms with Crippen molar-refractivity contribution in [2.75, 3.05) is 6.54 Å². The van der Waals surface area contributed by atoms with Crippen LogP contribution in [0.2, 0.25) is 0 Å². The number of aliphatic carboxylic acids is 1. The van der Waals surface area contributed by atoms with Gasteiger partial charge in [-0.2, -0.15) is 0 Å². The Morgan fingerprint density at radius 2 is 1.73 bits per heavy atom. The first-order valence-corrected chi connectivity index (χ1v) is 7.89. The Labute approximate surface area is 131 Å². The molecular formula is C18H25NO3. The highest BCUT2D eigenvalue weighted by Crippen LogP contribution is 2.34. The van der Waals surface area contributed by atoms with Gasteiger partial charge >= 0.3 is 5.97 Å². The van der Waals surface area contributed by atoms with Crippen molar-refractivity contribution in [3.63, 3.8) is 0 Å². The summed E-state index contributed by atoms with van der Waals surface area (Å²) in [6.45, 7) is 7.09. The maximum atomic E-state index is 11.9. The van der Waals surface area contributed by atoms with Crippen molar-refractivity contribution in [2.24, 2.45) is 11.8 Å². The summed E-state index contributed by atoms with van der Waals surface area (Å²) in [4.78, 5) is 22.9. The number of amides is 1. The molecule has 0 spiro atoms. The lowest BCUT2D eigenvalue weighted by Crippen LogP contribution is -2.44. The third-order valence-corrected chi connectivity index (χ3v) is 4.46. The van der Waals surface area contributed by atoms with E-state index in [0.29, 0.717) is 19.4 Å². The predicted octanol–water partition coefficient (Wildman–Crippen LogP) is 2.75. The lowest BCUT2D eigenvalue weighted by atomic mass is 9.73. The van der Waals surface area contributed by atoms with Gasteiger partial charge in [0.1, 0.15) is 0 Å². The quantitative estimate of drug-likeness (QED) is 0.879. The third-order valence-electron chi connectivity index (χ3n) is 4.46. The average molecular weight is 303 g/mol. The van der Waals surface area contributed by atoms with Crippen LogP contribution >= 0.6 is 0 Å². The van der Waals surface area contributed by atoms with Crippen molar-refractivity contribution in [3.8, 4) is 0 Å². The molecule has 2 unspecified atom stereocenters. The van der Waals surface area contributed by atoms with E-state index in [0.717, 1.165) is 6.42 Å². The van der Waals surface area contributed by atoms with E-state index < -0.39 is 11.9 Å². The van der Waals surface area contributed by atoms with Crippen LogP contribution in [0.3, 0.4) is 0 Å². The Morgan fingerprint density at radius 3 is 2.18 bits per heavy atom. The summed E-state index contributed by atoms with van der Waals surface area (Å²) in [6, 6.07) is 8.44. The summed E-state index contributed by atoms with van der Waals surface area (Å²) in [5.74, 6) is -1.82. The standard InChI is InChI=1S/C18H25NO3/c1-18(2,3)13-6-4-12(5-7-13)10-11-19-16(20)14-8-9-15(14)17(21)22/h4-7,14-15H,8-11H2,1-3H3,(H,19,20)(H,21,22). The summed E-state index contributed by atoms with van der Waals surface area (Å²) in [5.41, 5.74) is 2.61. The largest absolute Gasteiger partial charge is 0.481 e. The lowest BCUT2D eigenvalue weighted by Gasteiger charge is -2.31. The topological polar surface area (TPSA) is 66.4 Å². The normalized spacial score (nSPS) is 21.0. The highest BCUT2D eigenvalue weighted by molar-refractivity contribution is 5.86. The minimum atomic E-state index is -0.857. The van der Waals surface area contributed by atoms with Crippen molar-refractivity contribution in [2.45, 2.75) is 45.4 Å². The van der Waals surface area contributed by atoms with E-state index >= 15 is 0 Å². The monoisotopic (exact) mass is 303 g/mol. The van der Waals surface area contributed by atoms with E-state index in [1.165, 1.54) is 11.1 Å². The zero-order chi connectivity index (χ0) is 16.3. The van der Waals surface area contributed by atoms with Gasteiger partial charge in [-0.25, -0.2) is 0 Å². The molecule has 1 aromatic carbocycles. The Balaban J connectivity index is 1.79. The van der Waals surface area contributed by atoms with Crippen LogP contribution in [0.25, 0.3) is 0 Å². The van der Waals surface area contributed by atoms with Crippen LogP contribution in [-0.4, -0.2) is 23.5 Å². The van der Waals surface area contributed by atoms with Crippen molar-refractivity contribution in [1.82, 2.24) is 5.32 Å². The zero-order valence-electron chi connectivity index (χ0n) is 13.6. The Kier molecular flexibility index (Phi) is 4.89. The Morgan fingerprint density at radius 1 is 1.14 bits per heavy atom. The summed E-state index contributed by atoms with van der Waals surface area (Å²) in [6.07, 6.45) is 2.06. The molecule has 1 aromatic rings. The molecule has 1 aliphatic rings. The SMILES string of the molecule is CC(C)(C)c1ccc(CCNC(=O)C2CCC2C(=O)O)cc1. The highest BCUT2D eigenvalue weighted by atomic mass is 16.4. The molecule has 0 bridgehead atoms. The van der Waals surface area contributed by atoms with Gasteiger partial charge in [-0.05, 0) is 35.8 Å². The molecule has 2 atom stereocenters. The summed E-state index contributed by atoms with van der Waals surface area (Å²) >= 11 is 0. The lowest BCUT2D eigenvalue weighted by molar-refractivity contribution is -0.152. The first-order valence-electron chi connectivity index (χ1n) is 7.89. The molecule has 1 aliphatic carbocycles. The van der Waals surface area contributed by atoms with Crippen molar-refractivity contribution in [3.05, 3.63) is 35.4 Å². The number of hydrogen-bond acceptors (Lipinski definition) is 2. The van der Waals surface area contributed by atoms with E-state index in [4.69, 9.17) is 5.11 Å². The third kappa shape index (κ3) is 3.87. The van der Waals surface area contributed by atoms with Crippen LogP contribution in [0.1, 0.15) is 44.7 Å². The molecular weight excluding hydrogens is 278 g/mol. The molecule has 1 amide bonds. The number of hydrogen-bond donors (Lipinski definition) is 2. The van der Waals surface area contributed by atoms with Gasteiger partial charge in [0.25, 0.3) is 0 Å². The fourth-order valence-electron chi connectivity index (χ4n) is 2.74. The van der Waals surface area contributed by atoms with Crippen molar-refractivity contribution in [1.29, 1.82) is 0 Å². The molecule has 4 nitrogen and oxygen atoms in total. The van der Waals surface area contributed by atoms with E-state index in [2.05, 4.69) is 50.4 Å². The van der Waals surface area contributed by atoms with Gasteiger partial charge in [-0.15, -0.1) is 0 Å². The second kappa shape index (κ2) is 6.51. The van der Waals surface area contributed by atoms with Gasteiger partial charge in [0.2, 0.25) is 5.91 Å². The number of carboxylic acid groups (broad SMARTS) is 1. The number of carboxylic acids is 1. The number of carbonyl (C=O) groups is 2. The minimum Gasteiger partial charge on any atom is -0.481 e. The maximum Gasteiger partial charge on any atom is 0.307 e. The first-order chi connectivity index (χ1) is 10.3. The smallest absolute Gasteiger partial charge is 0.307 e. The van der Waals surface area contributed by atoms with Gasteiger partial charge in [0, 0.05) is 6.54 Å². The van der Waals surface area contributed by atoms with Gasteiger partial charge in [-0.1, -0.05) is 45.0 Å². The first kappa shape index (κ1) is 16.5. The Hall–Kier alpha value is -1.84. The molecule has 2 rings (SSSR count). The zero-order valence-corrected chi connectivity index (χ0v) is 13.6. The minimum absolute atomic E-state index is 0.120. The van der Waals surface area contributed by atoms with E-state index in [1.807, 2.05) is 0 Å². The molecule has 0 aliphatic heterocycles. The van der Waals surface area contributed by atoms with Crippen LogP contribution < -0.4 is 5.32 Å². The maximum absolute atomic E-state index is 11.9. The fourth-order valence-corrected chi connectivity index (χ4v) is 2.74. The number of benzene rings is 1. The van der Waals surface area contributed by atoms with E-state index in [1.54, 1.807) is 0 Å². The number of carbonyl (C=O) groups excluding carboxylic acids is 1. The summed E-state index contributed by atoms with van der Waals surface area (Å²) in [5, 5.41) is 11.8. The predicted molar refractivity (Wildman–Crippen MR) is 85.7 cm³/mol. The Bertz CT molecular complexity index is 542. The van der Waals surface area contributed by atoms with Crippen LogP contribution in [-0.2, 0) is 21.4 Å². The van der Waals surface area contributed by atoms with E-state index in [-0.39, 0.29) is 17.2 Å². The molecule has 2 N–H and O–H groups in total. The second-order valence-electron chi connectivity index (χ2n) is 7.12. The number of rotatable bonds is 5. The van der Waals surface area contributed by atoms with Crippen LogP contribution in [0.5, 0.6) is 0 Å². The average Bonchev–Trinajstić information content (AvgIpc) is 2.36. The molecule has 0 saturated heterocycles. The molecule has 4 heteroatoms. The molecule has 0 radical (unpaired) electrons. The molecule has 1 saturated carbocycles. The second-order valence-corrected chi connectivity index (χ2v) is 7.12. The van der Waals surface area contributed by atoms with Crippen molar-refractivity contribution < 1.29 is 14.7 Å². The number of nitrogens with one attached hydrogen (secondary N) is 1. The highest BCUT2D eigenvalue weighted by Gasteiger charge is 2.41. The van der Waals surface area contributed by atoms with Gasteiger partial charge < -0.3 is 10.4 Å². The van der Waals surface area contributed by atoms with Crippen molar-refractivity contribution >= 4 is 11.9 Å². The van der Waals surface area contributed by atoms with E-state index in [9.17, 15) is 9.59 Å². The molecule has 120 valence electrons. The van der Waals surface area contributed by atoms with Crippen LogP contribution in [0, 0.1) is 11.8 Å². The molecule has 22 heavy (non-hydrogen) atoms. The fraction of sp³-hybridized carbons (Fsp3) is 0.556. The summed E-state index contributed by atoms with van der Waals surface area (Å²) < 4.78 is 0. The van der Waals surface area contributed by atoms with Gasteiger partial charge in [0.05, 0.1) is 11.8 Å². The molecule has 0 heterocycles. The molecule has 0 aromatic heterocycles.